The first kappa shape index (κ1) is 25.3. The summed E-state index contributed by atoms with van der Waals surface area (Å²) in [5, 5.41) is -0.351. The minimum absolute atomic E-state index is 0.0142. The zero-order chi connectivity index (χ0) is 25.5. The molecule has 4 rings (SSSR count). The SMILES string of the molecule is CCc1ccc(C(=O)COc2ccc(C[C@]3(C(=O)OCc4ccccc4)SC(=O)CC3=O)cc2)nc1. The van der Waals surface area contributed by atoms with E-state index < -0.39 is 16.5 Å². The molecule has 2 aromatic carbocycles. The van der Waals surface area contributed by atoms with Gasteiger partial charge in [-0.15, -0.1) is 0 Å². The number of ketones is 2. The molecule has 1 atom stereocenters. The zero-order valence-corrected chi connectivity index (χ0v) is 20.6. The van der Waals surface area contributed by atoms with Gasteiger partial charge in [-0.25, -0.2) is 0 Å². The molecule has 0 unspecified atom stereocenters. The van der Waals surface area contributed by atoms with Crippen molar-refractivity contribution in [2.75, 3.05) is 6.61 Å². The molecule has 36 heavy (non-hydrogen) atoms. The fourth-order valence-corrected chi connectivity index (χ4v) is 4.93. The van der Waals surface area contributed by atoms with Crippen LogP contribution in [-0.4, -0.2) is 39.0 Å². The van der Waals surface area contributed by atoms with Gasteiger partial charge in [0.25, 0.3) is 0 Å². The van der Waals surface area contributed by atoms with Gasteiger partial charge in [0.05, 0.1) is 6.42 Å². The third-order valence-corrected chi connectivity index (χ3v) is 7.11. The third-order valence-electron chi connectivity index (χ3n) is 5.85. The zero-order valence-electron chi connectivity index (χ0n) is 19.8. The maximum absolute atomic E-state index is 13.0. The molecule has 0 aliphatic carbocycles. The number of aromatic nitrogens is 1. The molecule has 0 amide bonds. The number of pyridine rings is 1. The Morgan fingerprint density at radius 1 is 0.944 bits per heavy atom. The normalized spacial score (nSPS) is 17.1. The summed E-state index contributed by atoms with van der Waals surface area (Å²) in [7, 11) is 0. The summed E-state index contributed by atoms with van der Waals surface area (Å²) in [6.45, 7) is 1.86. The van der Waals surface area contributed by atoms with E-state index in [9.17, 15) is 19.2 Å². The minimum Gasteiger partial charge on any atom is -0.485 e. The summed E-state index contributed by atoms with van der Waals surface area (Å²) in [4.78, 5) is 54.4. The second-order valence-corrected chi connectivity index (χ2v) is 9.76. The Bertz CT molecular complexity index is 1260. The summed E-state index contributed by atoms with van der Waals surface area (Å²) >= 11 is 0.732. The molecule has 7 nitrogen and oxygen atoms in total. The first-order valence-electron chi connectivity index (χ1n) is 11.6. The van der Waals surface area contributed by atoms with Crippen LogP contribution in [0.15, 0.2) is 72.9 Å². The Labute approximate surface area is 213 Å². The number of benzene rings is 2. The average Bonchev–Trinajstić information content (AvgIpc) is 3.20. The smallest absolute Gasteiger partial charge is 0.331 e. The van der Waals surface area contributed by atoms with Crippen molar-refractivity contribution < 1.29 is 28.7 Å². The lowest BCUT2D eigenvalue weighted by Gasteiger charge is -2.23. The van der Waals surface area contributed by atoms with E-state index in [4.69, 9.17) is 9.47 Å². The molecule has 0 bridgehead atoms. The number of rotatable bonds is 10. The van der Waals surface area contributed by atoms with Crippen molar-refractivity contribution in [1.82, 2.24) is 4.98 Å². The molecule has 1 aliphatic heterocycles. The van der Waals surface area contributed by atoms with Crippen LogP contribution in [0, 0.1) is 0 Å². The van der Waals surface area contributed by atoms with Crippen molar-refractivity contribution in [2.24, 2.45) is 0 Å². The summed E-state index contributed by atoms with van der Waals surface area (Å²) in [6.07, 6.45) is 2.23. The van der Waals surface area contributed by atoms with Crippen molar-refractivity contribution in [3.8, 4) is 5.75 Å². The molecule has 1 saturated heterocycles. The fourth-order valence-electron chi connectivity index (χ4n) is 3.78. The van der Waals surface area contributed by atoms with Crippen LogP contribution in [0.3, 0.4) is 0 Å². The van der Waals surface area contributed by atoms with Crippen LogP contribution in [0.1, 0.15) is 40.5 Å². The van der Waals surface area contributed by atoms with Crippen LogP contribution in [0.4, 0.5) is 0 Å². The largest absolute Gasteiger partial charge is 0.485 e. The van der Waals surface area contributed by atoms with Crippen LogP contribution in [0.2, 0.25) is 0 Å². The predicted octanol–water partition coefficient (Wildman–Crippen LogP) is 4.16. The number of nitrogens with zero attached hydrogens (tertiary/aromatic N) is 1. The number of thioether (sulfide) groups is 1. The molecule has 1 aliphatic rings. The summed E-state index contributed by atoms with van der Waals surface area (Å²) in [6, 6.07) is 19.4. The Hall–Kier alpha value is -3.78. The van der Waals surface area contributed by atoms with Crippen molar-refractivity contribution in [3.63, 3.8) is 0 Å². The van der Waals surface area contributed by atoms with Gasteiger partial charge < -0.3 is 9.47 Å². The van der Waals surface area contributed by atoms with Crippen LogP contribution in [-0.2, 0) is 38.6 Å². The Morgan fingerprint density at radius 2 is 1.67 bits per heavy atom. The molecule has 2 heterocycles. The van der Waals surface area contributed by atoms with E-state index in [0.717, 1.165) is 29.3 Å². The highest BCUT2D eigenvalue weighted by Crippen LogP contribution is 2.41. The van der Waals surface area contributed by atoms with Gasteiger partial charge in [0.15, 0.2) is 22.3 Å². The molecule has 184 valence electrons. The van der Waals surface area contributed by atoms with Crippen LogP contribution in [0.25, 0.3) is 0 Å². The van der Waals surface area contributed by atoms with Gasteiger partial charge in [-0.1, -0.05) is 67.2 Å². The molecule has 0 N–H and O–H groups in total. The van der Waals surface area contributed by atoms with Gasteiger partial charge in [-0.3, -0.25) is 24.2 Å². The van der Waals surface area contributed by atoms with E-state index in [-0.39, 0.29) is 37.0 Å². The quantitative estimate of drug-likeness (QED) is 0.231. The Morgan fingerprint density at radius 3 is 2.28 bits per heavy atom. The highest BCUT2D eigenvalue weighted by Gasteiger charge is 2.54. The molecular weight excluding hydrogens is 478 g/mol. The monoisotopic (exact) mass is 503 g/mol. The molecular formula is C28H25NO6S. The highest BCUT2D eigenvalue weighted by molar-refractivity contribution is 8.16. The van der Waals surface area contributed by atoms with E-state index >= 15 is 0 Å². The lowest BCUT2D eigenvalue weighted by molar-refractivity contribution is -0.150. The summed E-state index contributed by atoms with van der Waals surface area (Å²) < 4.78 is 9.43. The summed E-state index contributed by atoms with van der Waals surface area (Å²) in [5.74, 6) is -0.962. The third kappa shape index (κ3) is 5.88. The van der Waals surface area contributed by atoms with Crippen LogP contribution >= 0.6 is 11.8 Å². The van der Waals surface area contributed by atoms with Gasteiger partial charge in [-0.05, 0) is 41.3 Å². The van der Waals surface area contributed by atoms with E-state index in [1.807, 2.05) is 43.3 Å². The summed E-state index contributed by atoms with van der Waals surface area (Å²) in [5.41, 5.74) is 2.83. The molecule has 1 aromatic heterocycles. The first-order chi connectivity index (χ1) is 17.4. The second kappa shape index (κ2) is 11.3. The van der Waals surface area contributed by atoms with Crippen molar-refractivity contribution in [1.29, 1.82) is 0 Å². The maximum atomic E-state index is 13.0. The molecule has 8 heteroatoms. The molecule has 0 radical (unpaired) electrons. The Balaban J connectivity index is 1.40. The number of carbonyl (C=O) groups excluding carboxylic acids is 4. The lowest BCUT2D eigenvalue weighted by atomic mass is 9.93. The number of ether oxygens (including phenoxy) is 2. The first-order valence-corrected chi connectivity index (χ1v) is 12.4. The van der Waals surface area contributed by atoms with E-state index in [1.54, 1.807) is 36.5 Å². The second-order valence-electron chi connectivity index (χ2n) is 8.40. The van der Waals surface area contributed by atoms with Gasteiger partial charge in [0.2, 0.25) is 5.78 Å². The van der Waals surface area contributed by atoms with E-state index in [1.165, 1.54) is 0 Å². The van der Waals surface area contributed by atoms with Gasteiger partial charge >= 0.3 is 5.97 Å². The maximum Gasteiger partial charge on any atom is 0.331 e. The van der Waals surface area contributed by atoms with Crippen molar-refractivity contribution >= 4 is 34.4 Å². The predicted molar refractivity (Wildman–Crippen MR) is 135 cm³/mol. The standard InChI is InChI=1S/C28H25NO6S/c1-2-19-10-13-23(29-16-19)24(30)18-34-22-11-8-20(9-12-22)15-28(25(31)14-26(32)36-28)27(33)35-17-21-6-4-3-5-7-21/h3-13,16H,2,14-15,17-18H2,1H3/t28-/m0/s1. The van der Waals surface area contributed by atoms with E-state index in [0.29, 0.717) is 17.0 Å². The minimum atomic E-state index is -1.61. The number of esters is 1. The fraction of sp³-hybridized carbons (Fsp3) is 0.250. The number of hydrogen-bond acceptors (Lipinski definition) is 8. The molecule has 0 spiro atoms. The van der Waals surface area contributed by atoms with Gasteiger partial charge in [0.1, 0.15) is 18.1 Å². The number of carbonyl (C=O) groups is 4. The number of Topliss-reactive ketones (excluding diaryl/α,β-unsaturated/α-hetero) is 2. The highest BCUT2D eigenvalue weighted by atomic mass is 32.2. The van der Waals surface area contributed by atoms with Crippen molar-refractivity contribution in [2.45, 2.75) is 37.5 Å². The van der Waals surface area contributed by atoms with Crippen LogP contribution < -0.4 is 4.74 Å². The topological polar surface area (TPSA) is 99.6 Å². The average molecular weight is 504 g/mol. The van der Waals surface area contributed by atoms with Gasteiger partial charge in [0, 0.05) is 12.6 Å². The molecule has 3 aromatic rings. The number of hydrogen-bond donors (Lipinski definition) is 0. The molecule has 0 saturated carbocycles. The Kier molecular flexibility index (Phi) is 7.95. The van der Waals surface area contributed by atoms with E-state index in [2.05, 4.69) is 4.98 Å². The van der Waals surface area contributed by atoms with Gasteiger partial charge in [-0.2, -0.15) is 0 Å². The molecule has 1 fully saturated rings. The van der Waals surface area contributed by atoms with Crippen LogP contribution in [0.5, 0.6) is 5.75 Å². The van der Waals surface area contributed by atoms with Crippen molar-refractivity contribution in [3.05, 3.63) is 95.3 Å². The number of aryl methyl sites for hydroxylation is 1. The lowest BCUT2D eigenvalue weighted by Crippen LogP contribution is -2.43.